The van der Waals surface area contributed by atoms with E-state index in [1.54, 1.807) is 24.3 Å². The van der Waals surface area contributed by atoms with Crippen LogP contribution in [0.25, 0.3) is 11.3 Å². The average Bonchev–Trinajstić information content (AvgIpc) is 2.68. The lowest BCUT2D eigenvalue weighted by Gasteiger charge is -2.11. The second-order valence-electron chi connectivity index (χ2n) is 6.13. The fraction of sp³-hybridized carbons (Fsp3) is 0.100. The molecule has 0 aliphatic rings. The smallest absolute Gasteiger partial charge is 0.291 e. The number of rotatable bonds is 5. The van der Waals surface area contributed by atoms with Crippen molar-refractivity contribution >= 4 is 34.8 Å². The minimum Gasteiger partial charge on any atom is -0.324 e. The van der Waals surface area contributed by atoms with Gasteiger partial charge in [-0.05, 0) is 24.3 Å². The molecular formula is C20H16ClFN4O3. The minimum atomic E-state index is -0.632. The lowest BCUT2D eigenvalue weighted by Crippen LogP contribution is -2.32. The van der Waals surface area contributed by atoms with Gasteiger partial charge < -0.3 is 10.6 Å². The fourth-order valence-corrected chi connectivity index (χ4v) is 2.77. The summed E-state index contributed by atoms with van der Waals surface area (Å²) in [6.45, 7) is 0.860. The van der Waals surface area contributed by atoms with Crippen molar-refractivity contribution in [2.24, 2.45) is 0 Å². The largest absolute Gasteiger partial charge is 0.324 e. The fourth-order valence-electron chi connectivity index (χ4n) is 2.59. The number of anilines is 2. The molecule has 3 rings (SSSR count). The van der Waals surface area contributed by atoms with E-state index < -0.39 is 29.7 Å². The van der Waals surface area contributed by atoms with Gasteiger partial charge in [0.05, 0.1) is 10.7 Å². The van der Waals surface area contributed by atoms with Crippen molar-refractivity contribution in [3.8, 4) is 11.3 Å². The molecule has 0 aliphatic heterocycles. The van der Waals surface area contributed by atoms with Gasteiger partial charge in [-0.1, -0.05) is 41.9 Å². The molecule has 0 aliphatic carbocycles. The molecule has 1 heterocycles. The number of halogens is 2. The molecular weight excluding hydrogens is 399 g/mol. The van der Waals surface area contributed by atoms with Gasteiger partial charge in [-0.2, -0.15) is 5.10 Å². The normalized spacial score (nSPS) is 10.4. The van der Waals surface area contributed by atoms with E-state index in [9.17, 15) is 18.8 Å². The first-order valence-electron chi connectivity index (χ1n) is 8.53. The molecule has 2 N–H and O–H groups in total. The molecule has 0 saturated heterocycles. The van der Waals surface area contributed by atoms with E-state index in [0.29, 0.717) is 11.3 Å². The van der Waals surface area contributed by atoms with Crippen molar-refractivity contribution < 1.29 is 14.0 Å². The van der Waals surface area contributed by atoms with Crippen LogP contribution in [-0.4, -0.2) is 21.6 Å². The van der Waals surface area contributed by atoms with Gasteiger partial charge in [0, 0.05) is 18.2 Å². The number of carbonyl (C=O) groups excluding carboxylic acids is 2. The van der Waals surface area contributed by atoms with E-state index in [0.717, 1.165) is 10.7 Å². The van der Waals surface area contributed by atoms with Crippen LogP contribution in [0, 0.1) is 5.82 Å². The van der Waals surface area contributed by atoms with E-state index in [1.165, 1.54) is 25.1 Å². The lowest BCUT2D eigenvalue weighted by atomic mass is 10.1. The molecule has 0 fully saturated rings. The Kier molecular flexibility index (Phi) is 6.04. The monoisotopic (exact) mass is 414 g/mol. The Labute approximate surface area is 170 Å². The Hall–Kier alpha value is -3.52. The molecule has 9 heteroatoms. The number of nitrogens with zero attached hydrogens (tertiary/aromatic N) is 2. The van der Waals surface area contributed by atoms with Gasteiger partial charge in [0.1, 0.15) is 18.0 Å². The van der Waals surface area contributed by atoms with E-state index in [-0.39, 0.29) is 16.4 Å². The number of aromatic nitrogens is 2. The van der Waals surface area contributed by atoms with Crippen molar-refractivity contribution in [3.63, 3.8) is 0 Å². The summed E-state index contributed by atoms with van der Waals surface area (Å²) in [4.78, 5) is 36.4. The van der Waals surface area contributed by atoms with Gasteiger partial charge in [0.25, 0.3) is 5.56 Å². The first-order chi connectivity index (χ1) is 13.8. The van der Waals surface area contributed by atoms with Gasteiger partial charge >= 0.3 is 0 Å². The van der Waals surface area contributed by atoms with Crippen molar-refractivity contribution in [3.05, 3.63) is 75.8 Å². The molecule has 7 nitrogen and oxygen atoms in total. The molecule has 0 unspecified atom stereocenters. The van der Waals surface area contributed by atoms with Crippen LogP contribution in [-0.2, 0) is 16.1 Å². The first-order valence-corrected chi connectivity index (χ1v) is 8.91. The van der Waals surface area contributed by atoms with Gasteiger partial charge in [-0.3, -0.25) is 14.4 Å². The first kappa shape index (κ1) is 20.2. The van der Waals surface area contributed by atoms with Gasteiger partial charge in [0.2, 0.25) is 11.8 Å². The summed E-state index contributed by atoms with van der Waals surface area (Å²) in [5.41, 5.74) is 0.761. The van der Waals surface area contributed by atoms with Crippen LogP contribution in [0.4, 0.5) is 15.8 Å². The summed E-state index contributed by atoms with van der Waals surface area (Å²) in [6.07, 6.45) is 0. The zero-order chi connectivity index (χ0) is 21.0. The van der Waals surface area contributed by atoms with Crippen LogP contribution in [0.3, 0.4) is 0 Å². The zero-order valence-corrected chi connectivity index (χ0v) is 16.0. The molecule has 1 aromatic heterocycles. The van der Waals surface area contributed by atoms with Crippen LogP contribution in [0.1, 0.15) is 6.92 Å². The number of hydrogen-bond acceptors (Lipinski definition) is 4. The van der Waals surface area contributed by atoms with Crippen LogP contribution in [0.5, 0.6) is 0 Å². The molecule has 2 amide bonds. The third-order valence-electron chi connectivity index (χ3n) is 3.85. The molecule has 0 radical (unpaired) electrons. The standard InChI is InChI=1S/C20H16ClFN4O3/c1-12(27)23-18-10-17(13-5-3-2-4-6-13)25-26(20(18)29)11-19(28)24-14-7-8-16(22)15(21)9-14/h2-10H,11H2,1H3,(H,23,27)(H,24,28). The van der Waals surface area contributed by atoms with Crippen molar-refractivity contribution in [2.75, 3.05) is 10.6 Å². The summed E-state index contributed by atoms with van der Waals surface area (Å²) in [5.74, 6) is -1.61. The Bertz CT molecular complexity index is 1130. The number of carbonyl (C=O) groups is 2. The van der Waals surface area contributed by atoms with Gasteiger partial charge in [0.15, 0.2) is 0 Å². The summed E-state index contributed by atoms with van der Waals surface area (Å²) in [7, 11) is 0. The van der Waals surface area contributed by atoms with E-state index in [4.69, 9.17) is 11.6 Å². The summed E-state index contributed by atoms with van der Waals surface area (Å²) >= 11 is 5.71. The molecule has 3 aromatic rings. The SMILES string of the molecule is CC(=O)Nc1cc(-c2ccccc2)nn(CC(=O)Nc2ccc(F)c(Cl)c2)c1=O. The topological polar surface area (TPSA) is 93.1 Å². The highest BCUT2D eigenvalue weighted by molar-refractivity contribution is 6.31. The maximum absolute atomic E-state index is 13.3. The third-order valence-corrected chi connectivity index (χ3v) is 4.14. The molecule has 0 bridgehead atoms. The summed E-state index contributed by atoms with van der Waals surface area (Å²) in [5, 5.41) is 9.07. The second kappa shape index (κ2) is 8.66. The molecule has 0 atom stereocenters. The Morgan fingerprint density at radius 1 is 1.10 bits per heavy atom. The number of nitrogens with one attached hydrogen (secondary N) is 2. The predicted octanol–water partition coefficient (Wildman–Crippen LogP) is 3.30. The van der Waals surface area contributed by atoms with Crippen LogP contribution in [0.2, 0.25) is 5.02 Å². The Balaban J connectivity index is 1.92. The van der Waals surface area contributed by atoms with Crippen molar-refractivity contribution in [1.82, 2.24) is 9.78 Å². The number of benzene rings is 2. The van der Waals surface area contributed by atoms with Crippen LogP contribution in [0.15, 0.2) is 59.4 Å². The maximum Gasteiger partial charge on any atom is 0.291 e. The molecule has 0 spiro atoms. The quantitative estimate of drug-likeness (QED) is 0.670. The maximum atomic E-state index is 13.3. The third kappa shape index (κ3) is 5.05. The Morgan fingerprint density at radius 2 is 1.83 bits per heavy atom. The lowest BCUT2D eigenvalue weighted by molar-refractivity contribution is -0.117. The van der Waals surface area contributed by atoms with Gasteiger partial charge in [-0.25, -0.2) is 9.07 Å². The molecule has 148 valence electrons. The second-order valence-corrected chi connectivity index (χ2v) is 6.54. The number of amides is 2. The summed E-state index contributed by atoms with van der Waals surface area (Å²) in [6, 6.07) is 14.2. The zero-order valence-electron chi connectivity index (χ0n) is 15.3. The highest BCUT2D eigenvalue weighted by Crippen LogP contribution is 2.20. The number of hydrogen-bond donors (Lipinski definition) is 2. The summed E-state index contributed by atoms with van der Waals surface area (Å²) < 4.78 is 14.2. The van der Waals surface area contributed by atoms with Crippen molar-refractivity contribution in [1.29, 1.82) is 0 Å². The van der Waals surface area contributed by atoms with E-state index in [2.05, 4.69) is 15.7 Å². The highest BCUT2D eigenvalue weighted by Gasteiger charge is 2.14. The van der Waals surface area contributed by atoms with E-state index in [1.807, 2.05) is 6.07 Å². The highest BCUT2D eigenvalue weighted by atomic mass is 35.5. The van der Waals surface area contributed by atoms with Gasteiger partial charge in [-0.15, -0.1) is 0 Å². The molecule has 0 saturated carbocycles. The Morgan fingerprint density at radius 3 is 2.48 bits per heavy atom. The average molecular weight is 415 g/mol. The molecule has 29 heavy (non-hydrogen) atoms. The van der Waals surface area contributed by atoms with Crippen molar-refractivity contribution in [2.45, 2.75) is 13.5 Å². The van der Waals surface area contributed by atoms with E-state index >= 15 is 0 Å². The predicted molar refractivity (Wildman–Crippen MR) is 108 cm³/mol. The van der Waals surface area contributed by atoms with Crippen LogP contribution < -0.4 is 16.2 Å². The van der Waals surface area contributed by atoms with Crippen LogP contribution >= 0.6 is 11.6 Å². The molecule has 2 aromatic carbocycles. The minimum absolute atomic E-state index is 0.00368.